The van der Waals surface area contributed by atoms with Gasteiger partial charge >= 0.3 is 0 Å². The molecule has 0 spiro atoms. The first-order valence-electron chi connectivity index (χ1n) is 5.61. The van der Waals surface area contributed by atoms with Crippen LogP contribution < -0.4 is 5.32 Å². The number of oxazole rings is 1. The Labute approximate surface area is 90.6 Å². The standard InChI is InChI=1S/C12H18N2O/c1-9-8-13-12(15-9)10(2)14-11-6-4-3-5-7-11/h4,6,8,10-11,14H,3,5,7H2,1-2H3. The Bertz CT molecular complexity index is 343. The number of aryl methyl sites for hydroxylation is 1. The van der Waals surface area contributed by atoms with Gasteiger partial charge in [0.15, 0.2) is 0 Å². The van der Waals surface area contributed by atoms with Gasteiger partial charge in [-0.05, 0) is 33.1 Å². The zero-order valence-electron chi connectivity index (χ0n) is 9.36. The Kier molecular flexibility index (Phi) is 3.21. The molecular formula is C12H18N2O. The largest absolute Gasteiger partial charge is 0.444 e. The van der Waals surface area contributed by atoms with Crippen molar-refractivity contribution in [2.24, 2.45) is 0 Å². The van der Waals surface area contributed by atoms with E-state index in [-0.39, 0.29) is 6.04 Å². The van der Waals surface area contributed by atoms with Crippen molar-refractivity contribution in [2.45, 2.75) is 45.2 Å². The second-order valence-electron chi connectivity index (χ2n) is 4.16. The van der Waals surface area contributed by atoms with E-state index in [4.69, 9.17) is 4.42 Å². The van der Waals surface area contributed by atoms with Crippen LogP contribution in [0, 0.1) is 6.92 Å². The first-order valence-corrected chi connectivity index (χ1v) is 5.61. The monoisotopic (exact) mass is 206 g/mol. The summed E-state index contributed by atoms with van der Waals surface area (Å²) in [6, 6.07) is 0.660. The van der Waals surface area contributed by atoms with Crippen LogP contribution in [0.15, 0.2) is 22.8 Å². The quantitative estimate of drug-likeness (QED) is 0.773. The molecule has 0 aliphatic heterocycles. The molecule has 1 aliphatic rings. The van der Waals surface area contributed by atoms with Crippen LogP contribution in [-0.2, 0) is 0 Å². The van der Waals surface area contributed by atoms with Crippen LogP contribution in [0.4, 0.5) is 0 Å². The predicted octanol–water partition coefficient (Wildman–Crippen LogP) is 2.74. The number of aromatic nitrogens is 1. The Morgan fingerprint density at radius 2 is 2.47 bits per heavy atom. The lowest BCUT2D eigenvalue weighted by Gasteiger charge is -2.21. The molecule has 0 saturated carbocycles. The molecule has 0 bridgehead atoms. The summed E-state index contributed by atoms with van der Waals surface area (Å²) in [7, 11) is 0. The summed E-state index contributed by atoms with van der Waals surface area (Å²) in [6.07, 6.45) is 9.95. The van der Waals surface area contributed by atoms with Gasteiger partial charge in [-0.15, -0.1) is 0 Å². The summed E-state index contributed by atoms with van der Waals surface area (Å²) >= 11 is 0. The average Bonchev–Trinajstić information content (AvgIpc) is 2.66. The fourth-order valence-corrected chi connectivity index (χ4v) is 1.92. The van der Waals surface area contributed by atoms with E-state index in [0.29, 0.717) is 6.04 Å². The van der Waals surface area contributed by atoms with Crippen LogP contribution >= 0.6 is 0 Å². The van der Waals surface area contributed by atoms with Crippen molar-refractivity contribution in [3.63, 3.8) is 0 Å². The molecule has 1 aliphatic carbocycles. The van der Waals surface area contributed by atoms with Crippen molar-refractivity contribution >= 4 is 0 Å². The van der Waals surface area contributed by atoms with E-state index in [0.717, 1.165) is 11.7 Å². The average molecular weight is 206 g/mol. The second-order valence-corrected chi connectivity index (χ2v) is 4.16. The summed E-state index contributed by atoms with van der Waals surface area (Å²) in [4.78, 5) is 4.23. The van der Waals surface area contributed by atoms with E-state index in [1.54, 1.807) is 6.20 Å². The normalized spacial score (nSPS) is 22.9. The van der Waals surface area contributed by atoms with Crippen LogP contribution in [0.5, 0.6) is 0 Å². The molecule has 2 rings (SSSR count). The smallest absolute Gasteiger partial charge is 0.211 e. The number of nitrogens with one attached hydrogen (secondary N) is 1. The third-order valence-electron chi connectivity index (χ3n) is 2.73. The predicted molar refractivity (Wildman–Crippen MR) is 59.6 cm³/mol. The highest BCUT2D eigenvalue weighted by Crippen LogP contribution is 2.17. The molecule has 0 fully saturated rings. The van der Waals surface area contributed by atoms with Gasteiger partial charge in [0.05, 0.1) is 12.2 Å². The Morgan fingerprint density at radius 3 is 3.07 bits per heavy atom. The zero-order chi connectivity index (χ0) is 10.7. The highest BCUT2D eigenvalue weighted by molar-refractivity contribution is 5.01. The molecule has 0 saturated heterocycles. The van der Waals surface area contributed by atoms with Gasteiger partial charge in [0.25, 0.3) is 0 Å². The summed E-state index contributed by atoms with van der Waals surface area (Å²) in [5.41, 5.74) is 0. The first kappa shape index (κ1) is 10.4. The molecular weight excluding hydrogens is 188 g/mol. The van der Waals surface area contributed by atoms with E-state index in [9.17, 15) is 0 Å². The molecule has 1 N–H and O–H groups in total. The lowest BCUT2D eigenvalue weighted by Crippen LogP contribution is -2.31. The number of rotatable bonds is 3. The maximum Gasteiger partial charge on any atom is 0.211 e. The van der Waals surface area contributed by atoms with Gasteiger partial charge in [0, 0.05) is 6.04 Å². The van der Waals surface area contributed by atoms with Gasteiger partial charge < -0.3 is 4.42 Å². The van der Waals surface area contributed by atoms with Crippen molar-refractivity contribution in [3.05, 3.63) is 30.0 Å². The fourth-order valence-electron chi connectivity index (χ4n) is 1.92. The van der Waals surface area contributed by atoms with Crippen LogP contribution in [-0.4, -0.2) is 11.0 Å². The molecule has 1 aromatic heterocycles. The van der Waals surface area contributed by atoms with Crippen LogP contribution in [0.2, 0.25) is 0 Å². The Hall–Kier alpha value is -1.09. The lowest BCUT2D eigenvalue weighted by atomic mass is 10.0. The Balaban J connectivity index is 1.94. The molecule has 0 aromatic carbocycles. The third-order valence-corrected chi connectivity index (χ3v) is 2.73. The fraction of sp³-hybridized carbons (Fsp3) is 0.583. The number of hydrogen-bond acceptors (Lipinski definition) is 3. The molecule has 1 aromatic rings. The molecule has 1 heterocycles. The van der Waals surface area contributed by atoms with Gasteiger partial charge in [0.1, 0.15) is 5.76 Å². The van der Waals surface area contributed by atoms with Gasteiger partial charge in [-0.1, -0.05) is 12.2 Å². The summed E-state index contributed by atoms with van der Waals surface area (Å²) in [5, 5.41) is 3.51. The van der Waals surface area contributed by atoms with Crippen molar-refractivity contribution in [2.75, 3.05) is 0 Å². The van der Waals surface area contributed by atoms with E-state index >= 15 is 0 Å². The third kappa shape index (κ3) is 2.69. The molecule has 3 nitrogen and oxygen atoms in total. The number of nitrogens with zero attached hydrogens (tertiary/aromatic N) is 1. The summed E-state index contributed by atoms with van der Waals surface area (Å²) < 4.78 is 5.49. The SMILES string of the molecule is Cc1cnc(C(C)NC2C=CCCC2)o1. The summed E-state index contributed by atoms with van der Waals surface area (Å²) in [5.74, 6) is 1.66. The zero-order valence-corrected chi connectivity index (χ0v) is 9.36. The maximum atomic E-state index is 5.49. The molecule has 3 heteroatoms. The van der Waals surface area contributed by atoms with Crippen LogP contribution in [0.25, 0.3) is 0 Å². The van der Waals surface area contributed by atoms with Crippen molar-refractivity contribution in [3.8, 4) is 0 Å². The van der Waals surface area contributed by atoms with Crippen LogP contribution in [0.1, 0.15) is 43.9 Å². The maximum absolute atomic E-state index is 5.49. The number of hydrogen-bond donors (Lipinski definition) is 1. The minimum Gasteiger partial charge on any atom is -0.444 e. The van der Waals surface area contributed by atoms with Crippen molar-refractivity contribution in [1.29, 1.82) is 0 Å². The topological polar surface area (TPSA) is 38.1 Å². The van der Waals surface area contributed by atoms with Crippen LogP contribution in [0.3, 0.4) is 0 Å². The highest BCUT2D eigenvalue weighted by Gasteiger charge is 2.15. The van der Waals surface area contributed by atoms with Gasteiger partial charge in [-0.2, -0.15) is 0 Å². The minimum atomic E-state index is 0.187. The molecule has 2 atom stereocenters. The highest BCUT2D eigenvalue weighted by atomic mass is 16.4. The molecule has 15 heavy (non-hydrogen) atoms. The van der Waals surface area contributed by atoms with Crippen molar-refractivity contribution in [1.82, 2.24) is 10.3 Å². The number of allylic oxidation sites excluding steroid dienone is 1. The second kappa shape index (κ2) is 4.62. The van der Waals surface area contributed by atoms with Crippen molar-refractivity contribution < 1.29 is 4.42 Å². The van der Waals surface area contributed by atoms with E-state index in [2.05, 4.69) is 29.4 Å². The van der Waals surface area contributed by atoms with E-state index in [1.165, 1.54) is 19.3 Å². The lowest BCUT2D eigenvalue weighted by molar-refractivity contribution is 0.376. The molecule has 0 radical (unpaired) electrons. The first-order chi connectivity index (χ1) is 7.25. The molecule has 2 unspecified atom stereocenters. The summed E-state index contributed by atoms with van der Waals surface area (Å²) in [6.45, 7) is 4.01. The molecule has 0 amide bonds. The van der Waals surface area contributed by atoms with Gasteiger partial charge in [-0.3, -0.25) is 5.32 Å². The van der Waals surface area contributed by atoms with Gasteiger partial charge in [0.2, 0.25) is 5.89 Å². The van der Waals surface area contributed by atoms with E-state index in [1.807, 2.05) is 6.92 Å². The van der Waals surface area contributed by atoms with E-state index < -0.39 is 0 Å². The minimum absolute atomic E-state index is 0.187. The van der Waals surface area contributed by atoms with Gasteiger partial charge in [-0.25, -0.2) is 4.98 Å². The molecule has 82 valence electrons. The Morgan fingerprint density at radius 1 is 1.60 bits per heavy atom.